The molecule has 1 unspecified atom stereocenters. The van der Waals surface area contributed by atoms with Crippen LogP contribution in [0.4, 0.5) is 0 Å². The molecule has 1 aromatic heterocycles. The predicted molar refractivity (Wildman–Crippen MR) is 45.5 cm³/mol. The molecular formula is C8H13NTe. The molecule has 0 aliphatic heterocycles. The maximum absolute atomic E-state index is 3.22. The zero-order valence-corrected chi connectivity index (χ0v) is 8.76. The Kier molecular flexibility index (Phi) is 3.31. The van der Waals surface area contributed by atoms with Crippen LogP contribution in [0.15, 0.2) is 18.3 Å². The van der Waals surface area contributed by atoms with Crippen LogP contribution in [0.1, 0.15) is 12.6 Å². The van der Waals surface area contributed by atoms with Crippen molar-refractivity contribution in [1.82, 2.24) is 4.98 Å². The van der Waals surface area contributed by atoms with Gasteiger partial charge in [0.2, 0.25) is 0 Å². The molecule has 1 heterocycles. The van der Waals surface area contributed by atoms with Crippen LogP contribution in [0.25, 0.3) is 0 Å². The summed E-state index contributed by atoms with van der Waals surface area (Å²) in [5.74, 6) is 0. The molecular weight excluding hydrogens is 238 g/mol. The van der Waals surface area contributed by atoms with Gasteiger partial charge in [0.1, 0.15) is 0 Å². The molecule has 0 amide bonds. The van der Waals surface area contributed by atoms with Crippen molar-refractivity contribution in [2.24, 2.45) is 0 Å². The number of aromatic nitrogens is 1. The Bertz CT molecular complexity index is 169. The van der Waals surface area contributed by atoms with Crippen molar-refractivity contribution in [1.29, 1.82) is 0 Å². The number of hydrogen-bond acceptors (Lipinski definition) is 0. The van der Waals surface area contributed by atoms with Crippen molar-refractivity contribution in [3.05, 3.63) is 24.0 Å². The molecule has 1 atom stereocenters. The fourth-order valence-electron chi connectivity index (χ4n) is 0.888. The average Bonchev–Trinajstić information content (AvgIpc) is 2.40. The van der Waals surface area contributed by atoms with Gasteiger partial charge in [-0.2, -0.15) is 0 Å². The first-order valence-corrected chi connectivity index (χ1v) is 7.15. The summed E-state index contributed by atoms with van der Waals surface area (Å²) in [7, 11) is 0. The van der Waals surface area contributed by atoms with E-state index in [1.807, 2.05) is 6.20 Å². The second-order valence-corrected chi connectivity index (χ2v) is 6.09. The summed E-state index contributed by atoms with van der Waals surface area (Å²) in [6.07, 6.45) is 3.24. The monoisotopic (exact) mass is 253 g/mol. The Hall–Kier alpha value is 0.0696. The van der Waals surface area contributed by atoms with Crippen molar-refractivity contribution < 1.29 is 0 Å². The van der Waals surface area contributed by atoms with Gasteiger partial charge in [-0.05, 0) is 0 Å². The molecule has 0 radical (unpaired) electrons. The van der Waals surface area contributed by atoms with E-state index in [0.717, 1.165) is 3.97 Å². The molecule has 1 aromatic rings. The van der Waals surface area contributed by atoms with Crippen LogP contribution >= 0.6 is 0 Å². The number of H-pyrrole nitrogens is 1. The minimum absolute atomic E-state index is 0.264. The first kappa shape index (κ1) is 8.17. The Morgan fingerprint density at radius 2 is 2.50 bits per heavy atom. The van der Waals surface area contributed by atoms with Gasteiger partial charge in [-0.1, -0.05) is 0 Å². The summed E-state index contributed by atoms with van der Waals surface area (Å²) >= 11 is 0.264. The van der Waals surface area contributed by atoms with Crippen molar-refractivity contribution in [2.45, 2.75) is 22.3 Å². The number of nitrogens with one attached hydrogen (secondary N) is 1. The molecule has 0 saturated heterocycles. The Morgan fingerprint density at radius 3 is 3.00 bits per heavy atom. The molecule has 56 valence electrons. The number of aromatic amines is 1. The fraction of sp³-hybridized carbons (Fsp3) is 0.500. The van der Waals surface area contributed by atoms with E-state index in [4.69, 9.17) is 0 Å². The molecule has 1 nitrogen and oxygen atoms in total. The first-order valence-electron chi connectivity index (χ1n) is 3.48. The van der Waals surface area contributed by atoms with E-state index in [1.165, 1.54) is 12.1 Å². The van der Waals surface area contributed by atoms with Crippen LogP contribution in [-0.4, -0.2) is 25.9 Å². The van der Waals surface area contributed by atoms with Gasteiger partial charge >= 0.3 is 72.2 Å². The molecule has 0 bridgehead atoms. The zero-order valence-electron chi connectivity index (χ0n) is 6.42. The Balaban J connectivity index is 2.40. The van der Waals surface area contributed by atoms with Gasteiger partial charge in [-0.15, -0.1) is 0 Å². The van der Waals surface area contributed by atoms with Crippen molar-refractivity contribution >= 4 is 20.9 Å². The normalized spacial score (nSPS) is 13.4. The molecule has 0 fully saturated rings. The molecule has 1 rings (SSSR count). The van der Waals surface area contributed by atoms with E-state index in [0.29, 0.717) is 0 Å². The van der Waals surface area contributed by atoms with Crippen LogP contribution in [0.5, 0.6) is 0 Å². The van der Waals surface area contributed by atoms with Crippen LogP contribution in [-0.2, 0) is 6.42 Å². The van der Waals surface area contributed by atoms with Crippen LogP contribution in [0, 0.1) is 0 Å². The summed E-state index contributed by atoms with van der Waals surface area (Å²) in [5, 5.41) is 0. The van der Waals surface area contributed by atoms with E-state index < -0.39 is 0 Å². The Morgan fingerprint density at radius 1 is 1.70 bits per heavy atom. The molecule has 0 spiro atoms. The number of hydrogen-bond donors (Lipinski definition) is 1. The topological polar surface area (TPSA) is 15.8 Å². The van der Waals surface area contributed by atoms with Crippen LogP contribution in [0.2, 0.25) is 8.94 Å². The first-order chi connectivity index (χ1) is 4.83. The third kappa shape index (κ3) is 2.36. The van der Waals surface area contributed by atoms with Gasteiger partial charge in [-0.3, -0.25) is 0 Å². The van der Waals surface area contributed by atoms with Gasteiger partial charge in [0.15, 0.2) is 0 Å². The van der Waals surface area contributed by atoms with Gasteiger partial charge in [-0.25, -0.2) is 0 Å². The molecule has 2 heteroatoms. The molecule has 0 aromatic carbocycles. The molecule has 0 saturated carbocycles. The van der Waals surface area contributed by atoms with Gasteiger partial charge in [0, 0.05) is 0 Å². The quantitative estimate of drug-likeness (QED) is 0.791. The predicted octanol–water partition coefficient (Wildman–Crippen LogP) is 2.12. The van der Waals surface area contributed by atoms with Crippen molar-refractivity contribution in [3.8, 4) is 0 Å². The molecule has 0 aliphatic rings. The van der Waals surface area contributed by atoms with E-state index in [1.54, 1.807) is 0 Å². The van der Waals surface area contributed by atoms with Gasteiger partial charge < -0.3 is 0 Å². The fourth-order valence-corrected chi connectivity index (χ4v) is 1.88. The van der Waals surface area contributed by atoms with Crippen LogP contribution in [0.3, 0.4) is 0 Å². The van der Waals surface area contributed by atoms with E-state index in [9.17, 15) is 0 Å². The summed E-state index contributed by atoms with van der Waals surface area (Å²) in [6, 6.07) is 4.23. The van der Waals surface area contributed by atoms with Gasteiger partial charge in [0.25, 0.3) is 0 Å². The zero-order chi connectivity index (χ0) is 7.40. The Labute approximate surface area is 72.3 Å². The minimum atomic E-state index is 0.264. The SMILES string of the molecule is C[Te]C(C)Cc1ccc[nH]1. The second-order valence-electron chi connectivity index (χ2n) is 2.45. The van der Waals surface area contributed by atoms with Crippen molar-refractivity contribution in [3.63, 3.8) is 0 Å². The summed E-state index contributed by atoms with van der Waals surface area (Å²) in [5.41, 5.74) is 1.39. The number of rotatable bonds is 3. The summed E-state index contributed by atoms with van der Waals surface area (Å²) < 4.78 is 0.934. The average molecular weight is 251 g/mol. The molecule has 0 aliphatic carbocycles. The third-order valence-corrected chi connectivity index (χ3v) is 4.34. The van der Waals surface area contributed by atoms with E-state index >= 15 is 0 Å². The summed E-state index contributed by atoms with van der Waals surface area (Å²) in [4.78, 5) is 5.58. The van der Waals surface area contributed by atoms with Crippen molar-refractivity contribution in [2.75, 3.05) is 0 Å². The maximum atomic E-state index is 3.22. The second kappa shape index (κ2) is 4.05. The van der Waals surface area contributed by atoms with E-state index in [-0.39, 0.29) is 20.9 Å². The van der Waals surface area contributed by atoms with Crippen LogP contribution < -0.4 is 0 Å². The standard InChI is InChI=1S/C8H13NTe/c1-7(10-2)6-8-4-3-5-9-8/h3-5,7,9H,6H2,1-2H3. The van der Waals surface area contributed by atoms with E-state index in [2.05, 4.69) is 29.0 Å². The van der Waals surface area contributed by atoms with Gasteiger partial charge in [0.05, 0.1) is 0 Å². The third-order valence-electron chi connectivity index (χ3n) is 1.57. The molecule has 1 N–H and O–H groups in total. The summed E-state index contributed by atoms with van der Waals surface area (Å²) in [6.45, 7) is 2.34. The molecule has 10 heavy (non-hydrogen) atoms.